The zero-order valence-electron chi connectivity index (χ0n) is 16.5. The van der Waals surface area contributed by atoms with Gasteiger partial charge in [0, 0.05) is 18.3 Å². The highest BCUT2D eigenvalue weighted by molar-refractivity contribution is 5.94. The first-order valence-corrected chi connectivity index (χ1v) is 9.29. The van der Waals surface area contributed by atoms with Crippen LogP contribution in [0.15, 0.2) is 59.4 Å². The molecule has 4 rings (SSSR count). The zero-order valence-corrected chi connectivity index (χ0v) is 16.5. The smallest absolute Gasteiger partial charge is 0.258 e. The Morgan fingerprint density at radius 3 is 2.52 bits per heavy atom. The molecule has 0 radical (unpaired) electrons. The highest BCUT2D eigenvalue weighted by atomic mass is 16.2. The van der Waals surface area contributed by atoms with Gasteiger partial charge in [0.05, 0.1) is 28.8 Å². The second-order valence-corrected chi connectivity index (χ2v) is 7.08. The molecular formula is C22H21N5O2. The lowest BCUT2D eigenvalue weighted by molar-refractivity contribution is 0.0781. The Kier molecular flexibility index (Phi) is 4.72. The molecule has 4 aromatic rings. The number of H-pyrrole nitrogens is 1. The van der Waals surface area contributed by atoms with E-state index in [0.717, 1.165) is 17.1 Å². The molecular weight excluding hydrogens is 366 g/mol. The van der Waals surface area contributed by atoms with E-state index >= 15 is 0 Å². The summed E-state index contributed by atoms with van der Waals surface area (Å²) in [6.45, 7) is 4.14. The fourth-order valence-electron chi connectivity index (χ4n) is 3.36. The number of nitrogens with zero attached hydrogens (tertiary/aromatic N) is 4. The molecule has 29 heavy (non-hydrogen) atoms. The van der Waals surface area contributed by atoms with E-state index in [9.17, 15) is 9.59 Å². The maximum atomic E-state index is 12.8. The van der Waals surface area contributed by atoms with Crippen LogP contribution in [0, 0.1) is 13.8 Å². The monoisotopic (exact) mass is 387 g/mol. The standard InChI is InChI=1S/C22H21N5O2/c1-14-12-15(2)27(25-14)17-10-8-16(9-11-17)22(29)26(3)13-20-23-19-7-5-4-6-18(19)21(28)24-20/h4-12H,13H2,1-3H3,(H,23,24,28). The van der Waals surface area contributed by atoms with Gasteiger partial charge in [0.1, 0.15) is 5.82 Å². The lowest BCUT2D eigenvalue weighted by atomic mass is 10.2. The molecule has 0 unspecified atom stereocenters. The van der Waals surface area contributed by atoms with Crippen LogP contribution < -0.4 is 5.56 Å². The molecule has 0 spiro atoms. The molecule has 0 saturated carbocycles. The molecule has 7 heteroatoms. The largest absolute Gasteiger partial charge is 0.334 e. The number of hydrogen-bond donors (Lipinski definition) is 1. The van der Waals surface area contributed by atoms with Gasteiger partial charge >= 0.3 is 0 Å². The van der Waals surface area contributed by atoms with Gasteiger partial charge in [0.15, 0.2) is 0 Å². The van der Waals surface area contributed by atoms with Crippen molar-refractivity contribution >= 4 is 16.8 Å². The zero-order chi connectivity index (χ0) is 20.5. The number of benzene rings is 2. The van der Waals surface area contributed by atoms with Crippen molar-refractivity contribution in [2.75, 3.05) is 7.05 Å². The summed E-state index contributed by atoms with van der Waals surface area (Å²) in [6.07, 6.45) is 0. The van der Waals surface area contributed by atoms with Gasteiger partial charge in [-0.05, 0) is 56.3 Å². The molecule has 0 fully saturated rings. The van der Waals surface area contributed by atoms with E-state index in [1.807, 2.05) is 42.8 Å². The number of aromatic amines is 1. The van der Waals surface area contributed by atoms with Crippen molar-refractivity contribution in [3.8, 4) is 5.69 Å². The van der Waals surface area contributed by atoms with Crippen molar-refractivity contribution in [3.05, 3.63) is 87.7 Å². The Morgan fingerprint density at radius 1 is 1.10 bits per heavy atom. The van der Waals surface area contributed by atoms with Crippen LogP contribution in [0.25, 0.3) is 16.6 Å². The number of carbonyl (C=O) groups is 1. The maximum Gasteiger partial charge on any atom is 0.258 e. The first-order valence-electron chi connectivity index (χ1n) is 9.29. The fraction of sp³-hybridized carbons (Fsp3) is 0.182. The number of amides is 1. The second kappa shape index (κ2) is 7.35. The minimum Gasteiger partial charge on any atom is -0.334 e. The number of aromatic nitrogens is 4. The van der Waals surface area contributed by atoms with Crippen molar-refractivity contribution in [2.24, 2.45) is 0 Å². The summed E-state index contributed by atoms with van der Waals surface area (Å²) in [4.78, 5) is 33.8. The summed E-state index contributed by atoms with van der Waals surface area (Å²) in [5.41, 5.74) is 3.84. The normalized spacial score (nSPS) is 11.0. The highest BCUT2D eigenvalue weighted by Gasteiger charge is 2.14. The quantitative estimate of drug-likeness (QED) is 0.583. The summed E-state index contributed by atoms with van der Waals surface area (Å²) in [7, 11) is 1.69. The van der Waals surface area contributed by atoms with Crippen molar-refractivity contribution in [2.45, 2.75) is 20.4 Å². The minimum absolute atomic E-state index is 0.152. The fourth-order valence-corrected chi connectivity index (χ4v) is 3.36. The van der Waals surface area contributed by atoms with E-state index in [-0.39, 0.29) is 18.0 Å². The number of aryl methyl sites for hydroxylation is 2. The van der Waals surface area contributed by atoms with Crippen molar-refractivity contribution in [1.82, 2.24) is 24.6 Å². The predicted molar refractivity (Wildman–Crippen MR) is 111 cm³/mol. The van der Waals surface area contributed by atoms with Crippen LogP contribution in [0.5, 0.6) is 0 Å². The Hall–Kier alpha value is -3.74. The van der Waals surface area contributed by atoms with Crippen molar-refractivity contribution in [3.63, 3.8) is 0 Å². The van der Waals surface area contributed by atoms with E-state index in [1.54, 1.807) is 37.4 Å². The van der Waals surface area contributed by atoms with Crippen LogP contribution in [0.3, 0.4) is 0 Å². The van der Waals surface area contributed by atoms with Crippen LogP contribution >= 0.6 is 0 Å². The molecule has 1 N–H and O–H groups in total. The Balaban J connectivity index is 1.53. The molecule has 2 aromatic heterocycles. The molecule has 0 aliphatic heterocycles. The van der Waals surface area contributed by atoms with Crippen LogP contribution in [0.2, 0.25) is 0 Å². The molecule has 0 saturated heterocycles. The highest BCUT2D eigenvalue weighted by Crippen LogP contribution is 2.15. The lowest BCUT2D eigenvalue weighted by Gasteiger charge is -2.17. The summed E-state index contributed by atoms with van der Waals surface area (Å²) >= 11 is 0. The van der Waals surface area contributed by atoms with Gasteiger partial charge in [-0.15, -0.1) is 0 Å². The van der Waals surface area contributed by atoms with Gasteiger partial charge in [-0.2, -0.15) is 5.10 Å². The van der Waals surface area contributed by atoms with Crippen molar-refractivity contribution in [1.29, 1.82) is 0 Å². The van der Waals surface area contributed by atoms with E-state index in [2.05, 4.69) is 15.1 Å². The summed E-state index contributed by atoms with van der Waals surface area (Å²) in [5.74, 6) is 0.296. The summed E-state index contributed by atoms with van der Waals surface area (Å²) in [6, 6.07) is 16.4. The molecule has 0 atom stereocenters. The number of hydrogen-bond acceptors (Lipinski definition) is 4. The Bertz CT molecular complexity index is 1250. The molecule has 2 heterocycles. The van der Waals surface area contributed by atoms with Gasteiger partial charge in [-0.25, -0.2) is 9.67 Å². The van der Waals surface area contributed by atoms with Crippen LogP contribution in [-0.4, -0.2) is 37.6 Å². The third kappa shape index (κ3) is 3.67. The SMILES string of the molecule is Cc1cc(C)n(-c2ccc(C(=O)N(C)Cc3nc4ccccc4c(=O)[nH]3)cc2)n1. The van der Waals surface area contributed by atoms with E-state index in [4.69, 9.17) is 0 Å². The van der Waals surface area contributed by atoms with Crippen LogP contribution in [0.1, 0.15) is 27.6 Å². The molecule has 146 valence electrons. The maximum absolute atomic E-state index is 12.8. The van der Waals surface area contributed by atoms with E-state index in [1.165, 1.54) is 4.90 Å². The molecule has 0 aliphatic rings. The summed E-state index contributed by atoms with van der Waals surface area (Å²) < 4.78 is 1.84. The van der Waals surface area contributed by atoms with Gasteiger partial charge in [0.25, 0.3) is 11.5 Å². The van der Waals surface area contributed by atoms with Gasteiger partial charge in [0.2, 0.25) is 0 Å². The minimum atomic E-state index is -0.208. The summed E-state index contributed by atoms with van der Waals surface area (Å²) in [5, 5.41) is 4.99. The topological polar surface area (TPSA) is 83.9 Å². The third-order valence-corrected chi connectivity index (χ3v) is 4.76. The van der Waals surface area contributed by atoms with E-state index < -0.39 is 0 Å². The Morgan fingerprint density at radius 2 is 1.83 bits per heavy atom. The number of nitrogens with one attached hydrogen (secondary N) is 1. The van der Waals surface area contributed by atoms with E-state index in [0.29, 0.717) is 22.3 Å². The number of fused-ring (bicyclic) bond motifs is 1. The van der Waals surface area contributed by atoms with Crippen molar-refractivity contribution < 1.29 is 4.79 Å². The average Bonchev–Trinajstić information content (AvgIpc) is 3.05. The average molecular weight is 387 g/mol. The first kappa shape index (κ1) is 18.6. The predicted octanol–water partition coefficient (Wildman–Crippen LogP) is 3.00. The first-order chi connectivity index (χ1) is 13.9. The third-order valence-electron chi connectivity index (χ3n) is 4.76. The second-order valence-electron chi connectivity index (χ2n) is 7.08. The molecule has 2 aromatic carbocycles. The van der Waals surface area contributed by atoms with Gasteiger partial charge in [-0.1, -0.05) is 12.1 Å². The molecule has 0 aliphatic carbocycles. The molecule has 7 nitrogen and oxygen atoms in total. The van der Waals surface area contributed by atoms with Crippen LogP contribution in [0.4, 0.5) is 0 Å². The number of carbonyl (C=O) groups excluding carboxylic acids is 1. The Labute approximate surface area is 167 Å². The van der Waals surface area contributed by atoms with Gasteiger partial charge < -0.3 is 9.88 Å². The molecule has 1 amide bonds. The van der Waals surface area contributed by atoms with Gasteiger partial charge in [-0.3, -0.25) is 9.59 Å². The number of rotatable bonds is 4. The number of para-hydroxylation sites is 1. The molecule has 0 bridgehead atoms. The lowest BCUT2D eigenvalue weighted by Crippen LogP contribution is -2.28. The van der Waals surface area contributed by atoms with Crippen LogP contribution in [-0.2, 0) is 6.54 Å².